The van der Waals surface area contributed by atoms with Crippen LogP contribution in [-0.4, -0.2) is 11.0 Å². The third-order valence-electron chi connectivity index (χ3n) is 1.18. The average molecular weight is 237 g/mol. The average Bonchev–Trinajstić information content (AvgIpc) is 2.17. The second-order valence-corrected chi connectivity index (χ2v) is 5.04. The second kappa shape index (κ2) is 2.78. The van der Waals surface area contributed by atoms with Gasteiger partial charge in [-0.2, -0.15) is 4.98 Å². The minimum atomic E-state index is -1.29. The highest BCUT2D eigenvalue weighted by Gasteiger charge is 2.21. The van der Waals surface area contributed by atoms with Gasteiger partial charge in [-0.05, 0) is 0 Å². The molecule has 0 radical (unpaired) electrons. The number of thiazole rings is 1. The molecule has 0 fully saturated rings. The maximum absolute atomic E-state index is 10.3. The molecule has 0 spiro atoms. The van der Waals surface area contributed by atoms with Crippen molar-refractivity contribution < 1.29 is 9.90 Å². The molecule has 1 heterocycles. The lowest BCUT2D eigenvalue weighted by atomic mass is 10.5. The van der Waals surface area contributed by atoms with E-state index in [1.807, 2.05) is 0 Å². The molecular formula is C5H5BrN2O2S. The molecule has 11 heavy (non-hydrogen) atoms. The van der Waals surface area contributed by atoms with Crippen molar-refractivity contribution in [1.82, 2.24) is 4.98 Å². The topological polar surface area (TPSA) is 79.0 Å². The monoisotopic (exact) mass is 236 g/mol. The molecule has 1 atom stereocenters. The van der Waals surface area contributed by atoms with Crippen molar-refractivity contribution in [2.24, 2.45) is 6.26 Å². The zero-order valence-corrected chi connectivity index (χ0v) is 8.03. The lowest BCUT2D eigenvalue weighted by Crippen LogP contribution is -2.23. The second-order valence-electron chi connectivity index (χ2n) is 1.87. The summed E-state index contributed by atoms with van der Waals surface area (Å²) in [5.74, 6) is -1.29. The molecule has 0 aromatic carbocycles. The smallest absolute Gasteiger partial charge is 0.338 e. The van der Waals surface area contributed by atoms with E-state index >= 15 is 0 Å². The Balaban J connectivity index is 3.29. The van der Waals surface area contributed by atoms with Crippen LogP contribution < -0.4 is 10.8 Å². The zero-order valence-electron chi connectivity index (χ0n) is 5.63. The van der Waals surface area contributed by atoms with Gasteiger partial charge in [0.25, 0.3) is 0 Å². The summed E-state index contributed by atoms with van der Waals surface area (Å²) in [7, 11) is -0.410. The van der Waals surface area contributed by atoms with Crippen molar-refractivity contribution in [1.29, 1.82) is 0 Å². The fourth-order valence-electron chi connectivity index (χ4n) is 0.585. The molecule has 0 amide bonds. The number of hydrogen-bond acceptors (Lipinski definition) is 4. The number of halogens is 1. The van der Waals surface area contributed by atoms with Crippen LogP contribution in [0.1, 0.15) is 10.5 Å². The number of anilines is 1. The number of nitrogens with zero attached hydrogens (tertiary/aromatic N) is 1. The lowest BCUT2D eigenvalue weighted by molar-refractivity contribution is -0.255. The number of aromatic carboxylic acids is 1. The van der Waals surface area contributed by atoms with E-state index in [0.717, 1.165) is 0 Å². The highest BCUT2D eigenvalue weighted by Crippen LogP contribution is 2.35. The number of carboxylic acids is 1. The van der Waals surface area contributed by atoms with Gasteiger partial charge in [-0.1, -0.05) is 0 Å². The molecule has 0 saturated carbocycles. The Bertz CT molecular complexity index is 310. The molecule has 0 aliphatic carbocycles. The largest absolute Gasteiger partial charge is 0.543 e. The van der Waals surface area contributed by atoms with E-state index in [2.05, 4.69) is 20.9 Å². The molecule has 2 N–H and O–H groups in total. The van der Waals surface area contributed by atoms with Gasteiger partial charge < -0.3 is 15.6 Å². The van der Waals surface area contributed by atoms with Crippen LogP contribution in [0.4, 0.5) is 5.13 Å². The van der Waals surface area contributed by atoms with Crippen molar-refractivity contribution in [3.8, 4) is 0 Å². The summed E-state index contributed by atoms with van der Waals surface area (Å²) < 4.78 is 0.509. The molecule has 6 heteroatoms. The van der Waals surface area contributed by atoms with Crippen LogP contribution in [0.25, 0.3) is 0 Å². The van der Waals surface area contributed by atoms with Crippen molar-refractivity contribution in [3.63, 3.8) is 0 Å². The molecule has 0 bridgehead atoms. The van der Waals surface area contributed by atoms with Crippen molar-refractivity contribution in [2.45, 2.75) is 0 Å². The first kappa shape index (κ1) is 8.48. The number of nitrogens with two attached hydrogens (primary N) is 1. The number of carbonyl (C=O) groups excluding carboxylic acids is 1. The van der Waals surface area contributed by atoms with E-state index < -0.39 is 16.4 Å². The maximum Gasteiger partial charge on any atom is 0.338 e. The molecule has 4 nitrogen and oxygen atoms in total. The van der Waals surface area contributed by atoms with Gasteiger partial charge in [0.05, 0.1) is 5.97 Å². The van der Waals surface area contributed by atoms with Crippen LogP contribution in [0, 0.1) is 0 Å². The molecule has 1 aromatic heterocycles. The van der Waals surface area contributed by atoms with Gasteiger partial charge in [-0.25, -0.2) is 0 Å². The van der Waals surface area contributed by atoms with E-state index in [1.165, 1.54) is 0 Å². The zero-order chi connectivity index (χ0) is 8.59. The first-order chi connectivity index (χ1) is 5.04. The molecule has 60 valence electrons. The molecule has 0 aliphatic heterocycles. The highest BCUT2D eigenvalue weighted by atomic mass is 79.9. The highest BCUT2D eigenvalue weighted by molar-refractivity contribution is 9.11. The van der Waals surface area contributed by atoms with E-state index in [9.17, 15) is 9.90 Å². The van der Waals surface area contributed by atoms with Crippen molar-refractivity contribution >= 4 is 37.5 Å². The van der Waals surface area contributed by atoms with E-state index in [-0.39, 0.29) is 5.69 Å². The summed E-state index contributed by atoms with van der Waals surface area (Å²) in [5, 5.41) is 10.7. The molecule has 1 aromatic rings. The standard InChI is InChI=1S/C5H5BrN2O2S/c1-11-3(6)2(4(9)10)8-5(11)7/h1H3,(H2-,7,8,9,10). The minimum Gasteiger partial charge on any atom is -0.543 e. The Morgan fingerprint density at radius 1 is 1.82 bits per heavy atom. The summed E-state index contributed by atoms with van der Waals surface area (Å²) >= 11 is 3.09. The predicted octanol–water partition coefficient (Wildman–Crippen LogP) is 0.0759. The molecule has 0 saturated heterocycles. The number of carbonyl (C=O) groups is 1. The predicted molar refractivity (Wildman–Crippen MR) is 44.1 cm³/mol. The molecule has 0 aliphatic rings. The van der Waals surface area contributed by atoms with Crippen LogP contribution in [0.3, 0.4) is 0 Å². The van der Waals surface area contributed by atoms with Crippen LogP contribution in [0.5, 0.6) is 0 Å². The molecule has 1 unspecified atom stereocenters. The van der Waals surface area contributed by atoms with E-state index in [4.69, 9.17) is 5.73 Å². The van der Waals surface area contributed by atoms with Crippen molar-refractivity contribution in [2.75, 3.05) is 5.73 Å². The summed E-state index contributed by atoms with van der Waals surface area (Å²) in [5.41, 5.74) is 5.31. The van der Waals surface area contributed by atoms with Crippen LogP contribution in [-0.2, 0) is 6.26 Å². The first-order valence-corrected chi connectivity index (χ1v) is 5.08. The SMILES string of the molecule is C[s+]1c(N)nc(C(=O)[O-])c1Br. The summed E-state index contributed by atoms with van der Waals surface area (Å²) in [6, 6.07) is 0. The van der Waals surface area contributed by atoms with Gasteiger partial charge in [0.2, 0.25) is 3.79 Å². The Kier molecular flexibility index (Phi) is 2.15. The number of carboxylic acid groups (broad SMARTS) is 1. The van der Waals surface area contributed by atoms with Crippen molar-refractivity contribution in [3.05, 3.63) is 9.48 Å². The normalized spacial score (nSPS) is 11.6. The molecule has 1 rings (SSSR count). The van der Waals surface area contributed by atoms with E-state index in [1.54, 1.807) is 6.26 Å². The Morgan fingerprint density at radius 2 is 2.36 bits per heavy atom. The van der Waals surface area contributed by atoms with Crippen LogP contribution >= 0.6 is 26.4 Å². The number of hydrogen-bond donors (Lipinski definition) is 1. The fraction of sp³-hybridized carbons (Fsp3) is 0.200. The quantitative estimate of drug-likeness (QED) is 0.701. The van der Waals surface area contributed by atoms with Gasteiger partial charge in [-0.3, -0.25) is 0 Å². The fourth-order valence-corrected chi connectivity index (χ4v) is 2.16. The number of nitrogen functional groups attached to an aromatic ring is 1. The summed E-state index contributed by atoms with van der Waals surface area (Å²) in [4.78, 5) is 14.0. The number of aromatic nitrogens is 1. The van der Waals surface area contributed by atoms with Gasteiger partial charge in [0.15, 0.2) is 5.69 Å². The maximum atomic E-state index is 10.3. The lowest BCUT2D eigenvalue weighted by Gasteiger charge is -1.91. The Hall–Kier alpha value is -0.620. The minimum absolute atomic E-state index is 0.0895. The summed E-state index contributed by atoms with van der Waals surface area (Å²) in [6.45, 7) is 0. The first-order valence-electron chi connectivity index (χ1n) is 2.65. The summed E-state index contributed by atoms with van der Waals surface area (Å²) in [6.07, 6.45) is 1.79. The third-order valence-corrected chi connectivity index (χ3v) is 4.47. The Labute approximate surface area is 74.2 Å². The van der Waals surface area contributed by atoms with E-state index in [0.29, 0.717) is 8.92 Å². The van der Waals surface area contributed by atoms with Crippen LogP contribution in [0.15, 0.2) is 3.79 Å². The number of rotatable bonds is 1. The Morgan fingerprint density at radius 3 is 2.55 bits per heavy atom. The van der Waals surface area contributed by atoms with Gasteiger partial charge in [0, 0.05) is 26.4 Å². The third kappa shape index (κ3) is 1.36. The molecular weight excluding hydrogens is 232 g/mol. The van der Waals surface area contributed by atoms with Crippen LogP contribution in [0.2, 0.25) is 0 Å². The van der Waals surface area contributed by atoms with Gasteiger partial charge in [-0.15, -0.1) is 0 Å². The van der Waals surface area contributed by atoms with Gasteiger partial charge >= 0.3 is 5.13 Å². The van der Waals surface area contributed by atoms with Gasteiger partial charge in [0.1, 0.15) is 6.26 Å².